The van der Waals surface area contributed by atoms with E-state index in [0.717, 1.165) is 12.8 Å². The van der Waals surface area contributed by atoms with Gasteiger partial charge in [-0.1, -0.05) is 0 Å². The van der Waals surface area contributed by atoms with Crippen molar-refractivity contribution in [3.63, 3.8) is 0 Å². The molecule has 1 heterocycles. The fraction of sp³-hybridized carbons (Fsp3) is 0.857. The lowest BCUT2D eigenvalue weighted by Crippen LogP contribution is -2.45. The van der Waals surface area contributed by atoms with Gasteiger partial charge in [0.1, 0.15) is 5.60 Å². The molecule has 1 aliphatic rings. The Hall–Kier alpha value is -1.30. The summed E-state index contributed by atoms with van der Waals surface area (Å²) in [7, 11) is 3.47. The number of rotatable bonds is 3. The predicted octanol–water partition coefficient (Wildman–Crippen LogP) is 1.54. The number of carbonyl (C=O) groups is 2. The highest BCUT2D eigenvalue weighted by molar-refractivity contribution is 5.76. The van der Waals surface area contributed by atoms with Crippen LogP contribution in [0.15, 0.2) is 0 Å². The molecule has 0 aromatic rings. The monoisotopic (exact) mass is 286 g/mol. The molecule has 2 amide bonds. The molecule has 1 N–H and O–H groups in total. The Morgan fingerprint density at radius 3 is 2.40 bits per heavy atom. The van der Waals surface area contributed by atoms with Crippen LogP contribution in [0.3, 0.4) is 0 Å². The molecule has 6 nitrogen and oxygen atoms in total. The van der Waals surface area contributed by atoms with E-state index in [-0.39, 0.29) is 18.1 Å². The van der Waals surface area contributed by atoms with E-state index in [0.29, 0.717) is 13.0 Å². The van der Waals surface area contributed by atoms with E-state index < -0.39 is 11.7 Å². The van der Waals surface area contributed by atoms with Gasteiger partial charge < -0.3 is 19.7 Å². The molecule has 0 aliphatic carbocycles. The number of hydrogen-bond acceptors (Lipinski definition) is 4. The molecule has 6 heteroatoms. The molecule has 2 atom stereocenters. The molecule has 116 valence electrons. The zero-order valence-electron chi connectivity index (χ0n) is 13.1. The second-order valence-electron chi connectivity index (χ2n) is 6.37. The van der Waals surface area contributed by atoms with Gasteiger partial charge in [0, 0.05) is 14.1 Å². The summed E-state index contributed by atoms with van der Waals surface area (Å²) < 4.78 is 10.8. The molecule has 0 unspecified atom stereocenters. The summed E-state index contributed by atoms with van der Waals surface area (Å²) in [6, 6.07) is -0.0458. The predicted molar refractivity (Wildman–Crippen MR) is 75.4 cm³/mol. The number of carbonyl (C=O) groups excluding carboxylic acids is 2. The highest BCUT2D eigenvalue weighted by Gasteiger charge is 2.26. The summed E-state index contributed by atoms with van der Waals surface area (Å²) in [4.78, 5) is 24.8. The summed E-state index contributed by atoms with van der Waals surface area (Å²) in [5, 5.41) is 2.79. The molecule has 1 saturated heterocycles. The maximum absolute atomic E-state index is 11.6. The van der Waals surface area contributed by atoms with Crippen molar-refractivity contribution in [3.05, 3.63) is 0 Å². The van der Waals surface area contributed by atoms with Gasteiger partial charge in [0.15, 0.2) is 0 Å². The number of ether oxygens (including phenoxy) is 2. The standard InChI is InChI=1S/C14H26N2O4/c1-14(2,3)20-13(18)15-10-6-7-11(19-9-10)8-12(17)16(4)5/h10-11H,6-9H2,1-5H3,(H,15,18)/t10-,11+/m1/s1. The molecule has 0 spiro atoms. The normalized spacial score (nSPS) is 23.1. The third-order valence-electron chi connectivity index (χ3n) is 2.99. The summed E-state index contributed by atoms with van der Waals surface area (Å²) in [5.74, 6) is 0.0635. The summed E-state index contributed by atoms with van der Waals surface area (Å²) in [5.41, 5.74) is -0.500. The highest BCUT2D eigenvalue weighted by Crippen LogP contribution is 2.17. The SMILES string of the molecule is CN(C)C(=O)C[C@@H]1CC[C@@H](NC(=O)OC(C)(C)C)CO1. The Balaban J connectivity index is 2.29. The largest absolute Gasteiger partial charge is 0.444 e. The van der Waals surface area contributed by atoms with E-state index in [2.05, 4.69) is 5.32 Å². The van der Waals surface area contributed by atoms with Crippen LogP contribution in [0.25, 0.3) is 0 Å². The van der Waals surface area contributed by atoms with Crippen molar-refractivity contribution in [2.24, 2.45) is 0 Å². The summed E-state index contributed by atoms with van der Waals surface area (Å²) >= 11 is 0. The second kappa shape index (κ2) is 6.92. The van der Waals surface area contributed by atoms with Crippen LogP contribution >= 0.6 is 0 Å². The molecule has 0 aromatic heterocycles. The minimum Gasteiger partial charge on any atom is -0.444 e. The number of hydrogen-bond donors (Lipinski definition) is 1. The zero-order valence-corrected chi connectivity index (χ0v) is 13.1. The molecule has 1 fully saturated rings. The molecule has 0 aromatic carbocycles. The van der Waals surface area contributed by atoms with Crippen molar-refractivity contribution < 1.29 is 19.1 Å². The molecular formula is C14H26N2O4. The topological polar surface area (TPSA) is 67.9 Å². The van der Waals surface area contributed by atoms with Crippen LogP contribution in [0.1, 0.15) is 40.0 Å². The van der Waals surface area contributed by atoms with Crippen LogP contribution in [0.2, 0.25) is 0 Å². The summed E-state index contributed by atoms with van der Waals surface area (Å²) in [6.45, 7) is 5.90. The first-order valence-electron chi connectivity index (χ1n) is 6.98. The number of nitrogens with one attached hydrogen (secondary N) is 1. The average Bonchev–Trinajstić information content (AvgIpc) is 2.28. The van der Waals surface area contributed by atoms with E-state index in [9.17, 15) is 9.59 Å². The molecular weight excluding hydrogens is 260 g/mol. The smallest absolute Gasteiger partial charge is 0.407 e. The van der Waals surface area contributed by atoms with Crippen LogP contribution in [0.4, 0.5) is 4.79 Å². The van der Waals surface area contributed by atoms with Crippen molar-refractivity contribution in [1.82, 2.24) is 10.2 Å². The van der Waals surface area contributed by atoms with E-state index in [4.69, 9.17) is 9.47 Å². The molecule has 1 aliphatic heterocycles. The fourth-order valence-corrected chi connectivity index (χ4v) is 1.93. The van der Waals surface area contributed by atoms with E-state index >= 15 is 0 Å². The van der Waals surface area contributed by atoms with Gasteiger partial charge in [-0.2, -0.15) is 0 Å². The Labute approximate surface area is 120 Å². The van der Waals surface area contributed by atoms with Gasteiger partial charge in [0.2, 0.25) is 5.91 Å². The lowest BCUT2D eigenvalue weighted by molar-refractivity contribution is -0.133. The van der Waals surface area contributed by atoms with Gasteiger partial charge in [-0.3, -0.25) is 4.79 Å². The minimum absolute atomic E-state index is 0.0458. The maximum atomic E-state index is 11.6. The van der Waals surface area contributed by atoms with E-state index in [1.165, 1.54) is 0 Å². The summed E-state index contributed by atoms with van der Waals surface area (Å²) in [6.07, 6.45) is 1.48. The van der Waals surface area contributed by atoms with Crippen LogP contribution in [0, 0.1) is 0 Å². The molecule has 0 radical (unpaired) electrons. The average molecular weight is 286 g/mol. The Kier molecular flexibility index (Phi) is 5.80. The molecule has 1 rings (SSSR count). The Bertz CT molecular complexity index is 342. The van der Waals surface area contributed by atoms with Crippen LogP contribution < -0.4 is 5.32 Å². The van der Waals surface area contributed by atoms with Crippen molar-refractivity contribution in [3.8, 4) is 0 Å². The zero-order chi connectivity index (χ0) is 15.3. The maximum Gasteiger partial charge on any atom is 0.407 e. The van der Waals surface area contributed by atoms with E-state index in [1.807, 2.05) is 20.8 Å². The van der Waals surface area contributed by atoms with Gasteiger partial charge in [-0.15, -0.1) is 0 Å². The highest BCUT2D eigenvalue weighted by atomic mass is 16.6. The fourth-order valence-electron chi connectivity index (χ4n) is 1.93. The van der Waals surface area contributed by atoms with Gasteiger partial charge in [-0.25, -0.2) is 4.79 Å². The first-order valence-corrected chi connectivity index (χ1v) is 6.98. The Morgan fingerprint density at radius 1 is 1.30 bits per heavy atom. The molecule has 20 heavy (non-hydrogen) atoms. The quantitative estimate of drug-likeness (QED) is 0.854. The lowest BCUT2D eigenvalue weighted by atomic mass is 10.0. The van der Waals surface area contributed by atoms with Crippen molar-refractivity contribution in [2.75, 3.05) is 20.7 Å². The van der Waals surface area contributed by atoms with Crippen LogP contribution in [-0.4, -0.2) is 55.3 Å². The second-order valence-corrected chi connectivity index (χ2v) is 6.37. The van der Waals surface area contributed by atoms with Crippen LogP contribution in [0.5, 0.6) is 0 Å². The van der Waals surface area contributed by atoms with Gasteiger partial charge in [0.05, 0.1) is 25.2 Å². The third kappa shape index (κ3) is 6.23. The first-order chi connectivity index (χ1) is 9.17. The minimum atomic E-state index is -0.500. The van der Waals surface area contributed by atoms with Crippen molar-refractivity contribution >= 4 is 12.0 Å². The Morgan fingerprint density at radius 2 is 1.95 bits per heavy atom. The van der Waals surface area contributed by atoms with Crippen LogP contribution in [-0.2, 0) is 14.3 Å². The first kappa shape index (κ1) is 16.8. The number of alkyl carbamates (subject to hydrolysis) is 1. The molecule has 0 saturated carbocycles. The lowest BCUT2D eigenvalue weighted by Gasteiger charge is -2.30. The molecule has 0 bridgehead atoms. The number of amides is 2. The number of nitrogens with zero attached hydrogens (tertiary/aromatic N) is 1. The van der Waals surface area contributed by atoms with Crippen molar-refractivity contribution in [2.45, 2.75) is 57.8 Å². The van der Waals surface area contributed by atoms with Crippen molar-refractivity contribution in [1.29, 1.82) is 0 Å². The van der Waals surface area contributed by atoms with Gasteiger partial charge in [0.25, 0.3) is 0 Å². The van der Waals surface area contributed by atoms with Gasteiger partial charge >= 0.3 is 6.09 Å². The third-order valence-corrected chi connectivity index (χ3v) is 2.99. The van der Waals surface area contributed by atoms with Gasteiger partial charge in [-0.05, 0) is 33.6 Å². The van der Waals surface area contributed by atoms with E-state index in [1.54, 1.807) is 19.0 Å².